The largest absolute Gasteiger partial charge is 0.459 e. The lowest BCUT2D eigenvalue weighted by atomic mass is 9.55. The SMILES string of the molecule is C=CCO[C@@]12Oc3ccc(Oc4cccc([N+](=O)[O-])c4)cc3[C@H]3[C@H](CCCCO)[C@@H](CCCCO)C=C(C(=NOCc4ccc([N+](=O)[O-])cc4)C[C@@H]1N(Cc1ccc(F)cc1)C(=O)CCCCCCCCCCC)[C@H]32. The molecule has 0 aromatic heterocycles. The summed E-state index contributed by atoms with van der Waals surface area (Å²) in [5.74, 6) is -2.14. The molecule has 15 nitrogen and oxygen atoms in total. The predicted octanol–water partition coefficient (Wildman–Crippen LogP) is 13.2. The number of unbranched alkanes of at least 4 members (excludes halogenated alkanes) is 10. The van der Waals surface area contributed by atoms with Crippen molar-refractivity contribution in [2.45, 2.75) is 147 Å². The fraction of sp³-hybridized carbons (Fsp3) is 0.492. The fourth-order valence-electron chi connectivity index (χ4n) is 11.3. The minimum Gasteiger partial charge on any atom is -0.459 e. The lowest BCUT2D eigenvalue weighted by molar-refractivity contribution is -0.385. The van der Waals surface area contributed by atoms with Gasteiger partial charge in [-0.25, -0.2) is 4.39 Å². The van der Waals surface area contributed by atoms with E-state index >= 15 is 4.79 Å². The van der Waals surface area contributed by atoms with Crippen LogP contribution in [0.25, 0.3) is 0 Å². The molecule has 4 aromatic carbocycles. The number of amides is 1. The number of nitro benzene ring substituents is 2. The van der Waals surface area contributed by atoms with E-state index < -0.39 is 39.3 Å². The Bertz CT molecular complexity index is 2590. The number of non-ortho nitro benzene ring substituents is 2. The monoisotopic (exact) mass is 1030 g/mol. The Morgan fingerprint density at radius 2 is 1.49 bits per heavy atom. The number of oxime groups is 1. The number of aliphatic hydroxyl groups is 2. The van der Waals surface area contributed by atoms with Gasteiger partial charge in [-0.15, -0.1) is 6.58 Å². The van der Waals surface area contributed by atoms with Gasteiger partial charge < -0.3 is 34.2 Å². The topological polar surface area (TPSA) is 196 Å². The third-order valence-electron chi connectivity index (χ3n) is 14.9. The van der Waals surface area contributed by atoms with E-state index in [1.807, 2.05) is 17.0 Å². The van der Waals surface area contributed by atoms with Gasteiger partial charge in [-0.2, -0.15) is 0 Å². The third kappa shape index (κ3) is 14.5. The van der Waals surface area contributed by atoms with Crippen molar-refractivity contribution in [3.05, 3.63) is 158 Å². The summed E-state index contributed by atoms with van der Waals surface area (Å²) in [5.41, 5.74) is 3.35. The van der Waals surface area contributed by atoms with Gasteiger partial charge in [0.05, 0.1) is 34.1 Å². The molecule has 0 unspecified atom stereocenters. The number of halogens is 1. The Morgan fingerprint density at radius 1 is 0.827 bits per heavy atom. The van der Waals surface area contributed by atoms with Crippen molar-refractivity contribution >= 4 is 23.0 Å². The molecule has 2 N–H and O–H groups in total. The molecular formula is C59H73FN4O11. The van der Waals surface area contributed by atoms with Crippen LogP contribution in [-0.4, -0.2) is 68.2 Å². The number of nitrogens with zero attached hydrogens (tertiary/aromatic N) is 4. The summed E-state index contributed by atoms with van der Waals surface area (Å²) in [7, 11) is 0. The first-order chi connectivity index (χ1) is 36.5. The van der Waals surface area contributed by atoms with E-state index in [0.29, 0.717) is 66.9 Å². The van der Waals surface area contributed by atoms with Crippen LogP contribution in [-0.2, 0) is 27.5 Å². The van der Waals surface area contributed by atoms with Crippen LogP contribution in [0.3, 0.4) is 0 Å². The van der Waals surface area contributed by atoms with Crippen LogP contribution in [0.1, 0.15) is 139 Å². The van der Waals surface area contributed by atoms with E-state index in [4.69, 9.17) is 24.2 Å². The van der Waals surface area contributed by atoms with E-state index in [0.717, 1.165) is 43.2 Å². The Morgan fingerprint density at radius 3 is 2.17 bits per heavy atom. The number of fused-ring (bicyclic) bond motifs is 2. The first kappa shape index (κ1) is 56.2. The second-order valence-electron chi connectivity index (χ2n) is 20.1. The number of rotatable bonds is 31. The molecule has 0 spiro atoms. The van der Waals surface area contributed by atoms with Crippen LogP contribution in [0.2, 0.25) is 0 Å². The summed E-state index contributed by atoms with van der Waals surface area (Å²) in [6.45, 7) is 6.44. The van der Waals surface area contributed by atoms with Crippen molar-refractivity contribution in [1.82, 2.24) is 4.90 Å². The number of hydrogen-bond acceptors (Lipinski definition) is 12. The van der Waals surface area contributed by atoms with Crippen LogP contribution < -0.4 is 9.47 Å². The van der Waals surface area contributed by atoms with Crippen molar-refractivity contribution in [2.75, 3.05) is 19.8 Å². The molecule has 1 aliphatic heterocycles. The molecule has 1 heterocycles. The molecule has 0 saturated heterocycles. The fourth-order valence-corrected chi connectivity index (χ4v) is 11.3. The van der Waals surface area contributed by atoms with Crippen molar-refractivity contribution in [3.63, 3.8) is 0 Å². The highest BCUT2D eigenvalue weighted by atomic mass is 19.1. The number of benzene rings is 4. The molecule has 0 bridgehead atoms. The Balaban J connectivity index is 1.39. The zero-order chi connectivity index (χ0) is 53.2. The van der Waals surface area contributed by atoms with Gasteiger partial charge in [-0.3, -0.25) is 25.0 Å². The van der Waals surface area contributed by atoms with Crippen molar-refractivity contribution in [2.24, 2.45) is 22.9 Å². The molecule has 4 aromatic rings. The van der Waals surface area contributed by atoms with Gasteiger partial charge in [0, 0.05) is 62.3 Å². The summed E-state index contributed by atoms with van der Waals surface area (Å²) in [4.78, 5) is 45.7. The van der Waals surface area contributed by atoms with Crippen molar-refractivity contribution in [3.8, 4) is 17.2 Å². The number of aliphatic hydroxyl groups excluding tert-OH is 2. The maximum Gasteiger partial charge on any atom is 0.273 e. The first-order valence-electron chi connectivity index (χ1n) is 26.9. The van der Waals surface area contributed by atoms with Crippen LogP contribution in [0.4, 0.5) is 15.8 Å². The predicted molar refractivity (Wildman–Crippen MR) is 285 cm³/mol. The molecule has 3 aliphatic rings. The van der Waals surface area contributed by atoms with Crippen LogP contribution in [0.5, 0.6) is 17.2 Å². The highest BCUT2D eigenvalue weighted by Crippen LogP contribution is 2.62. The average molecular weight is 1030 g/mol. The highest BCUT2D eigenvalue weighted by molar-refractivity contribution is 6.03. The molecule has 402 valence electrons. The minimum absolute atomic E-state index is 0.00869. The van der Waals surface area contributed by atoms with E-state index in [1.54, 1.807) is 48.5 Å². The maximum absolute atomic E-state index is 15.3. The summed E-state index contributed by atoms with van der Waals surface area (Å²) in [6, 6.07) is 22.8. The smallest absolute Gasteiger partial charge is 0.273 e. The standard InChI is InChI=1S/C59H73FN4O11/c1-3-5-6-7-8-9-10-11-12-22-56(67)62(40-42-23-27-45(60)28-24-42)55-39-53(61-73-41-43-25-29-46(30-26-43)63(68)69)51-36-44(18-13-15-33-65)50(21-14-16-34-66)57-52-38-49(74-48-20-17-19-47(37-48)64(70)71)31-32-54(52)75-59(55,58(51)57)72-35-4-2/h4,17,19-20,23-32,36-38,44,50,55,57-58,65-66H,2-3,5-16,18,21-22,33-35,39-41H2,1H3/t44-,50+,55-,57+,58+,59+/m0/s1. The summed E-state index contributed by atoms with van der Waals surface area (Å²) in [5, 5.41) is 48.3. The molecule has 1 fully saturated rings. The summed E-state index contributed by atoms with van der Waals surface area (Å²) in [6.07, 6.45) is 17.9. The van der Waals surface area contributed by atoms with Gasteiger partial charge in [-0.05, 0) is 109 Å². The zero-order valence-electron chi connectivity index (χ0n) is 43.2. The normalized spacial score (nSPS) is 21.0. The van der Waals surface area contributed by atoms with Gasteiger partial charge in [0.1, 0.15) is 35.7 Å². The first-order valence-corrected chi connectivity index (χ1v) is 26.9. The van der Waals surface area contributed by atoms with E-state index in [9.17, 15) is 34.8 Å². The number of carbonyl (C=O) groups excluding carboxylic acids is 1. The molecule has 2 aliphatic carbocycles. The van der Waals surface area contributed by atoms with Gasteiger partial charge in [0.15, 0.2) is 0 Å². The quantitative estimate of drug-likeness (QED) is 0.0211. The molecule has 1 saturated carbocycles. The van der Waals surface area contributed by atoms with Crippen LogP contribution >= 0.6 is 0 Å². The van der Waals surface area contributed by atoms with Gasteiger partial charge in [-0.1, -0.05) is 107 Å². The lowest BCUT2D eigenvalue weighted by Gasteiger charge is -2.60. The van der Waals surface area contributed by atoms with E-state index in [1.165, 1.54) is 62.1 Å². The molecule has 16 heteroatoms. The number of allylic oxidation sites excluding steroid dienone is 1. The van der Waals surface area contributed by atoms with Crippen molar-refractivity contribution < 1.29 is 48.3 Å². The molecule has 7 rings (SSSR count). The molecular weight excluding hydrogens is 960 g/mol. The van der Waals surface area contributed by atoms with Gasteiger partial charge >= 0.3 is 0 Å². The number of nitro groups is 2. The molecule has 75 heavy (non-hydrogen) atoms. The van der Waals surface area contributed by atoms with Gasteiger partial charge in [0.25, 0.3) is 11.4 Å². The maximum atomic E-state index is 15.3. The second-order valence-corrected chi connectivity index (χ2v) is 20.1. The van der Waals surface area contributed by atoms with E-state index in [2.05, 4.69) is 19.6 Å². The number of ether oxygens (including phenoxy) is 3. The summed E-state index contributed by atoms with van der Waals surface area (Å²) < 4.78 is 35.6. The summed E-state index contributed by atoms with van der Waals surface area (Å²) >= 11 is 0. The second kappa shape index (κ2) is 27.9. The van der Waals surface area contributed by atoms with Crippen molar-refractivity contribution in [1.29, 1.82) is 0 Å². The Kier molecular flexibility index (Phi) is 20.9. The zero-order valence-corrected chi connectivity index (χ0v) is 43.2. The lowest BCUT2D eigenvalue weighted by Crippen LogP contribution is -2.70. The molecule has 0 radical (unpaired) electrons. The molecule has 1 amide bonds. The molecule has 6 atom stereocenters. The van der Waals surface area contributed by atoms with Gasteiger partial charge in [0.2, 0.25) is 11.7 Å². The van der Waals surface area contributed by atoms with Crippen LogP contribution in [0, 0.1) is 43.8 Å². The third-order valence-corrected chi connectivity index (χ3v) is 14.9. The number of carbonyl (C=O) groups is 1. The van der Waals surface area contributed by atoms with E-state index in [-0.39, 0.29) is 80.7 Å². The average Bonchev–Trinajstić information content (AvgIpc) is 3.45. The minimum atomic E-state index is -1.57. The Hall–Kier alpha value is -6.49. The highest BCUT2D eigenvalue weighted by Gasteiger charge is 2.65. The Labute approximate surface area is 439 Å². The van der Waals surface area contributed by atoms with Crippen LogP contribution in [0.15, 0.2) is 120 Å². The number of hydrogen-bond donors (Lipinski definition) is 2.